The number of carboxylic acids is 1. The molecule has 166 valence electrons. The molecule has 0 spiro atoms. The molecule has 0 amide bonds. The average molecular weight is 397 g/mol. The molecule has 0 aromatic heterocycles. The van der Waals surface area contributed by atoms with Crippen LogP contribution in [0.2, 0.25) is 0 Å². The molecular formula is C25H48O3. The minimum atomic E-state index is -0.854. The molecule has 0 unspecified atom stereocenters. The van der Waals surface area contributed by atoms with Crippen molar-refractivity contribution in [3.8, 4) is 0 Å². The number of aliphatic carboxylic acids is 1. The molecule has 2 N–H and O–H groups in total. The topological polar surface area (TPSA) is 57.5 Å². The van der Waals surface area contributed by atoms with Crippen LogP contribution in [0.1, 0.15) is 142 Å². The highest BCUT2D eigenvalue weighted by atomic mass is 16.4. The number of carbonyl (C=O) groups is 1. The maximum atomic E-state index is 10.4. The highest BCUT2D eigenvalue weighted by Crippen LogP contribution is 2.15. The van der Waals surface area contributed by atoms with Gasteiger partial charge < -0.3 is 10.2 Å². The fourth-order valence-corrected chi connectivity index (χ4v) is 3.65. The molecule has 0 fully saturated rings. The van der Waals surface area contributed by atoms with E-state index >= 15 is 0 Å². The lowest BCUT2D eigenvalue weighted by molar-refractivity contribution is -0.137. The molecule has 0 aromatic carbocycles. The molecule has 0 radical (unpaired) electrons. The van der Waals surface area contributed by atoms with E-state index in [-0.39, 0.29) is 18.6 Å². The minimum absolute atomic E-state index is 0.0153. The molecule has 3 heteroatoms. The van der Waals surface area contributed by atoms with E-state index in [1.807, 2.05) is 0 Å². The van der Waals surface area contributed by atoms with Gasteiger partial charge in [0.05, 0.1) is 12.2 Å². The van der Waals surface area contributed by atoms with Crippen molar-refractivity contribution in [3.05, 3.63) is 11.8 Å². The Kier molecular flexibility index (Phi) is 21.5. The third-order valence-corrected chi connectivity index (χ3v) is 5.53. The third kappa shape index (κ3) is 23.0. The van der Waals surface area contributed by atoms with E-state index in [0.717, 1.165) is 12.8 Å². The second-order valence-electron chi connectivity index (χ2n) is 8.39. The number of aliphatic hydroxyl groups excluding tert-OH is 1. The van der Waals surface area contributed by atoms with Gasteiger partial charge in [-0.25, -0.2) is 0 Å². The van der Waals surface area contributed by atoms with Crippen LogP contribution < -0.4 is 0 Å². The monoisotopic (exact) mass is 396 g/mol. The SMILES string of the molecule is CCCCCCCCCCCCCCCCCCCCC=C(O)CCC(=O)O. The van der Waals surface area contributed by atoms with Gasteiger partial charge in [-0.3, -0.25) is 4.79 Å². The number of hydrogen-bond donors (Lipinski definition) is 2. The molecule has 0 aliphatic rings. The van der Waals surface area contributed by atoms with Crippen LogP contribution in [0.5, 0.6) is 0 Å². The van der Waals surface area contributed by atoms with Gasteiger partial charge in [-0.15, -0.1) is 0 Å². The second-order valence-corrected chi connectivity index (χ2v) is 8.39. The highest BCUT2D eigenvalue weighted by molar-refractivity contribution is 5.66. The second kappa shape index (κ2) is 22.3. The van der Waals surface area contributed by atoms with Gasteiger partial charge in [-0.1, -0.05) is 116 Å². The van der Waals surface area contributed by atoms with Crippen LogP contribution in [0, 0.1) is 0 Å². The smallest absolute Gasteiger partial charge is 0.303 e. The van der Waals surface area contributed by atoms with Crippen LogP contribution in [-0.4, -0.2) is 16.2 Å². The molecule has 0 rings (SSSR count). The van der Waals surface area contributed by atoms with E-state index in [1.54, 1.807) is 6.08 Å². The first-order valence-corrected chi connectivity index (χ1v) is 12.3. The summed E-state index contributed by atoms with van der Waals surface area (Å²) >= 11 is 0. The zero-order valence-electron chi connectivity index (χ0n) is 18.7. The van der Waals surface area contributed by atoms with Crippen LogP contribution in [0.25, 0.3) is 0 Å². The van der Waals surface area contributed by atoms with Crippen LogP contribution in [0.15, 0.2) is 11.8 Å². The molecule has 28 heavy (non-hydrogen) atoms. The standard InChI is InChI=1S/C25H48O3/c1-2-3-4-5-6-7-8-9-10-11-12-13-14-15-16-17-18-19-20-21-24(26)22-23-25(27)28/h21,26H,2-20,22-23H2,1H3,(H,27,28). The summed E-state index contributed by atoms with van der Waals surface area (Å²) in [5.41, 5.74) is 0. The normalized spacial score (nSPS) is 11.8. The summed E-state index contributed by atoms with van der Waals surface area (Å²) in [4.78, 5) is 10.4. The zero-order chi connectivity index (χ0) is 20.7. The Morgan fingerprint density at radius 2 is 0.929 bits per heavy atom. The number of aliphatic hydroxyl groups is 1. The van der Waals surface area contributed by atoms with E-state index < -0.39 is 5.97 Å². The maximum Gasteiger partial charge on any atom is 0.303 e. The van der Waals surface area contributed by atoms with E-state index in [2.05, 4.69) is 6.92 Å². The van der Waals surface area contributed by atoms with E-state index in [9.17, 15) is 9.90 Å². The van der Waals surface area contributed by atoms with Gasteiger partial charge in [0, 0.05) is 6.42 Å². The lowest BCUT2D eigenvalue weighted by Gasteiger charge is -2.03. The van der Waals surface area contributed by atoms with Crippen molar-refractivity contribution in [3.63, 3.8) is 0 Å². The molecule has 0 heterocycles. The molecule has 0 saturated carbocycles. The van der Waals surface area contributed by atoms with Gasteiger partial charge in [0.25, 0.3) is 0 Å². The van der Waals surface area contributed by atoms with Crippen molar-refractivity contribution in [1.29, 1.82) is 0 Å². The molecule has 0 saturated heterocycles. The fourth-order valence-electron chi connectivity index (χ4n) is 3.65. The van der Waals surface area contributed by atoms with Crippen molar-refractivity contribution >= 4 is 5.97 Å². The van der Waals surface area contributed by atoms with Crippen LogP contribution in [0.4, 0.5) is 0 Å². The van der Waals surface area contributed by atoms with Crippen molar-refractivity contribution in [1.82, 2.24) is 0 Å². The Balaban J connectivity index is 3.14. The van der Waals surface area contributed by atoms with Gasteiger partial charge in [0.1, 0.15) is 0 Å². The fraction of sp³-hybridized carbons (Fsp3) is 0.880. The van der Waals surface area contributed by atoms with Crippen LogP contribution in [-0.2, 0) is 4.79 Å². The first-order valence-electron chi connectivity index (χ1n) is 12.3. The summed E-state index contributed by atoms with van der Waals surface area (Å²) < 4.78 is 0. The Morgan fingerprint density at radius 1 is 0.571 bits per heavy atom. The van der Waals surface area contributed by atoms with E-state index in [4.69, 9.17) is 5.11 Å². The van der Waals surface area contributed by atoms with Gasteiger partial charge >= 0.3 is 5.97 Å². The van der Waals surface area contributed by atoms with Gasteiger partial charge in [0.2, 0.25) is 0 Å². The first-order chi connectivity index (χ1) is 13.7. The Morgan fingerprint density at radius 3 is 1.29 bits per heavy atom. The molecular weight excluding hydrogens is 348 g/mol. The number of allylic oxidation sites excluding steroid dienone is 2. The minimum Gasteiger partial charge on any atom is -0.513 e. The summed E-state index contributed by atoms with van der Waals surface area (Å²) in [6.45, 7) is 2.28. The number of rotatable bonds is 22. The lowest BCUT2D eigenvalue weighted by Crippen LogP contribution is -1.95. The first kappa shape index (κ1) is 27.0. The Hall–Kier alpha value is -0.990. The number of hydrogen-bond acceptors (Lipinski definition) is 2. The quantitative estimate of drug-likeness (QED) is 0.142. The summed E-state index contributed by atoms with van der Waals surface area (Å²) in [5.74, 6) is -0.623. The summed E-state index contributed by atoms with van der Waals surface area (Å²) in [7, 11) is 0. The predicted octanol–water partition coefficient (Wildman–Crippen LogP) is 8.72. The van der Waals surface area contributed by atoms with Crippen LogP contribution >= 0.6 is 0 Å². The van der Waals surface area contributed by atoms with Crippen molar-refractivity contribution < 1.29 is 15.0 Å². The Labute approximate surface area is 175 Å². The number of carboxylic acid groups (broad SMARTS) is 1. The van der Waals surface area contributed by atoms with Gasteiger partial charge in [0.15, 0.2) is 0 Å². The average Bonchev–Trinajstić information content (AvgIpc) is 2.68. The lowest BCUT2D eigenvalue weighted by atomic mass is 10.0. The van der Waals surface area contributed by atoms with Crippen molar-refractivity contribution in [2.75, 3.05) is 0 Å². The molecule has 0 aliphatic carbocycles. The Bertz CT molecular complexity index is 363. The molecule has 0 aromatic rings. The van der Waals surface area contributed by atoms with E-state index in [0.29, 0.717) is 0 Å². The van der Waals surface area contributed by atoms with Gasteiger partial charge in [-0.05, 0) is 18.9 Å². The maximum absolute atomic E-state index is 10.4. The highest BCUT2D eigenvalue weighted by Gasteiger charge is 1.99. The zero-order valence-corrected chi connectivity index (χ0v) is 18.7. The summed E-state index contributed by atoms with van der Waals surface area (Å²) in [6, 6.07) is 0. The van der Waals surface area contributed by atoms with E-state index in [1.165, 1.54) is 109 Å². The molecule has 0 bridgehead atoms. The molecule has 0 aliphatic heterocycles. The van der Waals surface area contributed by atoms with Gasteiger partial charge in [-0.2, -0.15) is 0 Å². The van der Waals surface area contributed by atoms with Crippen LogP contribution in [0.3, 0.4) is 0 Å². The largest absolute Gasteiger partial charge is 0.513 e. The predicted molar refractivity (Wildman–Crippen MR) is 121 cm³/mol. The molecule has 0 atom stereocenters. The number of unbranched alkanes of at least 4 members (excludes halogenated alkanes) is 18. The molecule has 3 nitrogen and oxygen atoms in total. The summed E-state index contributed by atoms with van der Waals surface area (Å²) in [5, 5.41) is 18.1. The summed E-state index contributed by atoms with van der Waals surface area (Å²) in [6.07, 6.45) is 27.7. The van der Waals surface area contributed by atoms with Crippen molar-refractivity contribution in [2.24, 2.45) is 0 Å². The third-order valence-electron chi connectivity index (χ3n) is 5.53. The van der Waals surface area contributed by atoms with Crippen molar-refractivity contribution in [2.45, 2.75) is 142 Å².